The number of methoxy groups -OCH3 is 1. The van der Waals surface area contributed by atoms with Crippen molar-refractivity contribution in [1.82, 2.24) is 0 Å². The molecule has 1 N–H and O–H groups in total. The van der Waals surface area contributed by atoms with Crippen LogP contribution in [-0.2, 0) is 4.74 Å². The molecule has 2 nitrogen and oxygen atoms in total. The minimum atomic E-state index is 0.313. The molecule has 80 valence electrons. The van der Waals surface area contributed by atoms with E-state index in [4.69, 9.17) is 0 Å². The summed E-state index contributed by atoms with van der Waals surface area (Å²) in [4.78, 5) is 0. The third-order valence-corrected chi connectivity index (χ3v) is 2.49. The molecule has 2 aromatic carbocycles. The average Bonchev–Trinajstić information content (AvgIpc) is 2.25. The summed E-state index contributed by atoms with van der Waals surface area (Å²) in [5.41, 5.74) is 0. The van der Waals surface area contributed by atoms with Crippen molar-refractivity contribution in [1.29, 1.82) is 0 Å². The van der Waals surface area contributed by atoms with E-state index in [1.54, 1.807) is 14.2 Å². The van der Waals surface area contributed by atoms with Crippen LogP contribution in [0.5, 0.6) is 5.75 Å². The van der Waals surface area contributed by atoms with E-state index < -0.39 is 0 Å². The Morgan fingerprint density at radius 1 is 1.07 bits per heavy atom. The second-order valence-corrected chi connectivity index (χ2v) is 3.88. The van der Waals surface area contributed by atoms with Gasteiger partial charge in [0.2, 0.25) is 0 Å². The third kappa shape index (κ3) is 2.94. The predicted octanol–water partition coefficient (Wildman–Crippen LogP) is 3.57. The quantitative estimate of drug-likeness (QED) is 0.792. The van der Waals surface area contributed by atoms with Crippen molar-refractivity contribution in [3.8, 4) is 5.75 Å². The number of hydrogen-bond donors (Lipinski definition) is 1. The molecule has 3 heteroatoms. The lowest BCUT2D eigenvalue weighted by atomic mass is 10.1. The van der Waals surface area contributed by atoms with E-state index in [-0.39, 0.29) is 0 Å². The van der Waals surface area contributed by atoms with Crippen molar-refractivity contribution in [2.75, 3.05) is 14.2 Å². The molecule has 0 aliphatic rings. The van der Waals surface area contributed by atoms with Gasteiger partial charge in [0.05, 0.1) is 4.47 Å². The van der Waals surface area contributed by atoms with Crippen LogP contribution >= 0.6 is 15.9 Å². The molecule has 2 rings (SSSR count). The van der Waals surface area contributed by atoms with Gasteiger partial charge in [-0.2, -0.15) is 0 Å². The van der Waals surface area contributed by atoms with Gasteiger partial charge < -0.3 is 9.84 Å². The zero-order valence-corrected chi connectivity index (χ0v) is 10.3. The maximum absolute atomic E-state index is 9.61. The predicted molar refractivity (Wildman–Crippen MR) is 66.2 cm³/mol. The zero-order valence-electron chi connectivity index (χ0n) is 8.70. The molecule has 0 saturated carbocycles. The van der Waals surface area contributed by atoms with Crippen LogP contribution in [0.1, 0.15) is 0 Å². The van der Waals surface area contributed by atoms with Gasteiger partial charge in [-0.1, -0.05) is 30.3 Å². The number of ether oxygens (including phenoxy) is 1. The second kappa shape index (κ2) is 5.73. The lowest BCUT2D eigenvalue weighted by molar-refractivity contribution is 0.277. The number of benzene rings is 2. The highest BCUT2D eigenvalue weighted by molar-refractivity contribution is 9.10. The summed E-state index contributed by atoms with van der Waals surface area (Å²) in [5, 5.41) is 11.5. The molecule has 0 bridgehead atoms. The highest BCUT2D eigenvalue weighted by Gasteiger charge is 2.01. The first kappa shape index (κ1) is 12.0. The lowest BCUT2D eigenvalue weighted by Crippen LogP contribution is -1.74. The van der Waals surface area contributed by atoms with Crippen molar-refractivity contribution in [3.05, 3.63) is 40.9 Å². The van der Waals surface area contributed by atoms with E-state index >= 15 is 0 Å². The Bertz CT molecular complexity index is 441. The molecule has 0 fully saturated rings. The van der Waals surface area contributed by atoms with E-state index in [9.17, 15) is 5.11 Å². The SMILES string of the molecule is COC.Oc1c(Br)ccc2ccccc12. The summed E-state index contributed by atoms with van der Waals surface area (Å²) < 4.78 is 4.99. The highest BCUT2D eigenvalue weighted by atomic mass is 79.9. The first-order chi connectivity index (χ1) is 7.20. The van der Waals surface area contributed by atoms with Crippen LogP contribution in [0.3, 0.4) is 0 Å². The molecule has 0 atom stereocenters. The van der Waals surface area contributed by atoms with Gasteiger partial charge in [-0.05, 0) is 27.4 Å². The molecule has 15 heavy (non-hydrogen) atoms. The fourth-order valence-electron chi connectivity index (χ4n) is 1.23. The number of phenolic OH excluding ortho intramolecular Hbond substituents is 1. The first-order valence-corrected chi connectivity index (χ1v) is 5.26. The molecular formula is C12H13BrO2. The van der Waals surface area contributed by atoms with E-state index in [2.05, 4.69) is 20.7 Å². The maximum Gasteiger partial charge on any atom is 0.137 e. The van der Waals surface area contributed by atoms with Crippen LogP contribution in [0.4, 0.5) is 0 Å². The molecule has 0 saturated heterocycles. The number of phenols is 1. The molecular weight excluding hydrogens is 256 g/mol. The molecule has 0 radical (unpaired) electrons. The molecule has 0 unspecified atom stereocenters. The monoisotopic (exact) mass is 268 g/mol. The van der Waals surface area contributed by atoms with Crippen LogP contribution < -0.4 is 0 Å². The number of aromatic hydroxyl groups is 1. The van der Waals surface area contributed by atoms with Crippen molar-refractivity contribution in [2.45, 2.75) is 0 Å². The Morgan fingerprint density at radius 3 is 2.33 bits per heavy atom. The summed E-state index contributed by atoms with van der Waals surface area (Å²) >= 11 is 3.27. The number of halogens is 1. The molecule has 0 spiro atoms. The maximum atomic E-state index is 9.61. The van der Waals surface area contributed by atoms with Gasteiger partial charge in [-0.25, -0.2) is 0 Å². The van der Waals surface area contributed by atoms with Crippen molar-refractivity contribution >= 4 is 26.7 Å². The van der Waals surface area contributed by atoms with Crippen LogP contribution in [0.25, 0.3) is 10.8 Å². The molecule has 0 aliphatic carbocycles. The van der Waals surface area contributed by atoms with E-state index in [0.717, 1.165) is 15.2 Å². The summed E-state index contributed by atoms with van der Waals surface area (Å²) in [6.45, 7) is 0. The standard InChI is InChI=1S/C10H7BrO.C2H6O/c11-9-6-5-7-3-1-2-4-8(7)10(9)12;1-3-2/h1-6,12H;1-2H3. The van der Waals surface area contributed by atoms with Gasteiger partial charge in [0, 0.05) is 19.6 Å². The summed E-state index contributed by atoms with van der Waals surface area (Å²) in [7, 11) is 3.25. The largest absolute Gasteiger partial charge is 0.506 e. The Hall–Kier alpha value is -1.06. The summed E-state index contributed by atoms with van der Waals surface area (Å²) in [5.74, 6) is 0.313. The van der Waals surface area contributed by atoms with E-state index in [0.29, 0.717) is 5.75 Å². The van der Waals surface area contributed by atoms with Gasteiger partial charge in [0.25, 0.3) is 0 Å². The van der Waals surface area contributed by atoms with E-state index in [1.807, 2.05) is 36.4 Å². The fraction of sp³-hybridized carbons (Fsp3) is 0.167. The van der Waals surface area contributed by atoms with E-state index in [1.165, 1.54) is 0 Å². The van der Waals surface area contributed by atoms with Crippen LogP contribution in [0.2, 0.25) is 0 Å². The lowest BCUT2D eigenvalue weighted by Gasteiger charge is -2.01. The zero-order chi connectivity index (χ0) is 11.3. The van der Waals surface area contributed by atoms with Gasteiger partial charge in [0.15, 0.2) is 0 Å². The Kier molecular flexibility index (Phi) is 4.59. The Labute approximate surface area is 97.6 Å². The van der Waals surface area contributed by atoms with Crippen molar-refractivity contribution < 1.29 is 9.84 Å². The smallest absolute Gasteiger partial charge is 0.137 e. The van der Waals surface area contributed by atoms with Gasteiger partial charge in [-0.15, -0.1) is 0 Å². The van der Waals surface area contributed by atoms with Crippen LogP contribution in [0.15, 0.2) is 40.9 Å². The molecule has 0 heterocycles. The normalized spacial score (nSPS) is 9.53. The molecule has 0 aliphatic heterocycles. The van der Waals surface area contributed by atoms with Gasteiger partial charge >= 0.3 is 0 Å². The van der Waals surface area contributed by atoms with Crippen molar-refractivity contribution in [2.24, 2.45) is 0 Å². The summed E-state index contributed by atoms with van der Waals surface area (Å²) in [6.07, 6.45) is 0. The topological polar surface area (TPSA) is 29.5 Å². The summed E-state index contributed by atoms with van der Waals surface area (Å²) in [6, 6.07) is 11.6. The van der Waals surface area contributed by atoms with Gasteiger partial charge in [0.1, 0.15) is 5.75 Å². The highest BCUT2D eigenvalue weighted by Crippen LogP contribution is 2.31. The van der Waals surface area contributed by atoms with Crippen LogP contribution in [0, 0.1) is 0 Å². The molecule has 0 amide bonds. The van der Waals surface area contributed by atoms with Crippen molar-refractivity contribution in [3.63, 3.8) is 0 Å². The minimum Gasteiger partial charge on any atom is -0.506 e. The Morgan fingerprint density at radius 2 is 1.67 bits per heavy atom. The van der Waals surface area contributed by atoms with Gasteiger partial charge in [-0.3, -0.25) is 0 Å². The number of hydrogen-bond acceptors (Lipinski definition) is 2. The number of fused-ring (bicyclic) bond motifs is 1. The number of rotatable bonds is 0. The first-order valence-electron chi connectivity index (χ1n) is 4.47. The third-order valence-electron chi connectivity index (χ3n) is 1.85. The average molecular weight is 269 g/mol. The Balaban J connectivity index is 0.000000337. The molecule has 0 aromatic heterocycles. The van der Waals surface area contributed by atoms with Crippen LogP contribution in [-0.4, -0.2) is 19.3 Å². The second-order valence-electron chi connectivity index (χ2n) is 3.03. The minimum absolute atomic E-state index is 0.313. The fourth-order valence-corrected chi connectivity index (χ4v) is 1.57. The molecule has 2 aromatic rings.